The van der Waals surface area contributed by atoms with Crippen molar-refractivity contribution < 1.29 is 8.42 Å². The molecule has 1 aromatic carbocycles. The minimum atomic E-state index is -2.77. The van der Waals surface area contributed by atoms with E-state index in [2.05, 4.69) is 47.1 Å². The molecule has 5 heteroatoms. The molecule has 2 aliphatic heterocycles. The Labute approximate surface area is 146 Å². The maximum absolute atomic E-state index is 11.6. The highest BCUT2D eigenvalue weighted by Crippen LogP contribution is 2.20. The van der Waals surface area contributed by atoms with Gasteiger partial charge in [-0.1, -0.05) is 42.0 Å². The lowest BCUT2D eigenvalue weighted by molar-refractivity contribution is 0.120. The van der Waals surface area contributed by atoms with E-state index in [-0.39, 0.29) is 0 Å². The molecular weight excluding hydrogens is 320 g/mol. The molecule has 2 fully saturated rings. The minimum Gasteiger partial charge on any atom is -0.299 e. The van der Waals surface area contributed by atoms with Gasteiger partial charge in [-0.3, -0.25) is 9.80 Å². The van der Waals surface area contributed by atoms with Crippen LogP contribution in [0.15, 0.2) is 35.9 Å². The fourth-order valence-corrected chi connectivity index (χ4v) is 5.00. The van der Waals surface area contributed by atoms with Crippen LogP contribution >= 0.6 is 0 Å². The normalized spacial score (nSPS) is 24.1. The molecule has 4 nitrogen and oxygen atoms in total. The van der Waals surface area contributed by atoms with Gasteiger partial charge in [0, 0.05) is 25.7 Å². The standard InChI is InChI=1S/C19H28N2O2S/c1-17(15-18-5-3-2-4-6-18)16-20-9-7-19(8-10-20)21-11-13-24(22,23)14-12-21/h2-6,15,19H,7-14,16H2,1H3/b17-15-. The third kappa shape index (κ3) is 4.91. The van der Waals surface area contributed by atoms with Crippen molar-refractivity contribution in [2.45, 2.75) is 25.8 Å². The van der Waals surface area contributed by atoms with E-state index >= 15 is 0 Å². The number of piperidine rings is 1. The van der Waals surface area contributed by atoms with Gasteiger partial charge in [-0.05, 0) is 38.4 Å². The van der Waals surface area contributed by atoms with E-state index in [1.165, 1.54) is 11.1 Å². The predicted molar refractivity (Wildman–Crippen MR) is 99.8 cm³/mol. The van der Waals surface area contributed by atoms with E-state index in [4.69, 9.17) is 0 Å². The zero-order chi connectivity index (χ0) is 17.0. The number of hydrogen-bond acceptors (Lipinski definition) is 4. The van der Waals surface area contributed by atoms with Crippen LogP contribution < -0.4 is 0 Å². The molecular formula is C19H28N2O2S. The fraction of sp³-hybridized carbons (Fsp3) is 0.579. The minimum absolute atomic E-state index is 0.339. The fourth-order valence-electron chi connectivity index (χ4n) is 3.77. The monoisotopic (exact) mass is 348 g/mol. The van der Waals surface area contributed by atoms with Crippen LogP contribution in [0, 0.1) is 0 Å². The zero-order valence-corrected chi connectivity index (χ0v) is 15.3. The van der Waals surface area contributed by atoms with Crippen molar-refractivity contribution in [3.8, 4) is 0 Å². The van der Waals surface area contributed by atoms with Gasteiger partial charge in [0.15, 0.2) is 9.84 Å². The van der Waals surface area contributed by atoms with E-state index in [9.17, 15) is 8.42 Å². The van der Waals surface area contributed by atoms with Crippen LogP contribution in [0.4, 0.5) is 0 Å². The summed E-state index contributed by atoms with van der Waals surface area (Å²) >= 11 is 0. The largest absolute Gasteiger partial charge is 0.299 e. The van der Waals surface area contributed by atoms with Crippen molar-refractivity contribution in [3.05, 3.63) is 41.5 Å². The summed E-state index contributed by atoms with van der Waals surface area (Å²) in [5.74, 6) is 0.679. The third-order valence-electron chi connectivity index (χ3n) is 5.14. The molecule has 0 N–H and O–H groups in total. The van der Waals surface area contributed by atoms with Crippen molar-refractivity contribution in [1.82, 2.24) is 9.80 Å². The first-order valence-corrected chi connectivity index (χ1v) is 10.7. The third-order valence-corrected chi connectivity index (χ3v) is 6.75. The number of nitrogens with zero attached hydrogens (tertiary/aromatic N) is 2. The van der Waals surface area contributed by atoms with Crippen LogP contribution in [0.2, 0.25) is 0 Å². The Bertz CT molecular complexity index is 648. The Morgan fingerprint density at radius 1 is 1.08 bits per heavy atom. The highest BCUT2D eigenvalue weighted by atomic mass is 32.2. The number of rotatable bonds is 4. The summed E-state index contributed by atoms with van der Waals surface area (Å²) in [5, 5.41) is 0. The lowest BCUT2D eigenvalue weighted by Gasteiger charge is -2.40. The van der Waals surface area contributed by atoms with E-state index in [1.54, 1.807) is 0 Å². The van der Waals surface area contributed by atoms with Gasteiger partial charge in [-0.2, -0.15) is 0 Å². The van der Waals surface area contributed by atoms with Crippen LogP contribution in [-0.4, -0.2) is 68.5 Å². The van der Waals surface area contributed by atoms with Crippen LogP contribution in [0.1, 0.15) is 25.3 Å². The number of hydrogen-bond donors (Lipinski definition) is 0. The maximum atomic E-state index is 11.6. The van der Waals surface area contributed by atoms with E-state index in [0.29, 0.717) is 17.5 Å². The molecule has 2 heterocycles. The Hall–Kier alpha value is -1.17. The summed E-state index contributed by atoms with van der Waals surface area (Å²) in [6.45, 7) is 6.88. The molecule has 0 bridgehead atoms. The summed E-state index contributed by atoms with van der Waals surface area (Å²) in [6.07, 6.45) is 4.57. The molecule has 3 rings (SSSR count). The van der Waals surface area contributed by atoms with E-state index in [1.807, 2.05) is 6.07 Å². The molecule has 0 spiro atoms. The quantitative estimate of drug-likeness (QED) is 0.837. The highest BCUT2D eigenvalue weighted by Gasteiger charge is 2.29. The average Bonchev–Trinajstić information content (AvgIpc) is 2.56. The predicted octanol–water partition coefficient (Wildman–Crippen LogP) is 2.28. The number of benzene rings is 1. The van der Waals surface area contributed by atoms with Gasteiger partial charge in [0.1, 0.15) is 0 Å². The van der Waals surface area contributed by atoms with Crippen LogP contribution in [-0.2, 0) is 9.84 Å². The Kier molecular flexibility index (Phi) is 5.74. The van der Waals surface area contributed by atoms with Crippen LogP contribution in [0.3, 0.4) is 0 Å². The first kappa shape index (κ1) is 17.6. The molecule has 0 radical (unpaired) electrons. The molecule has 0 aliphatic carbocycles. The molecule has 2 aliphatic rings. The first-order valence-electron chi connectivity index (χ1n) is 8.91. The smallest absolute Gasteiger partial charge is 0.152 e. The second kappa shape index (κ2) is 7.81. The Balaban J connectivity index is 1.46. The molecule has 0 aromatic heterocycles. The van der Waals surface area contributed by atoms with Gasteiger partial charge in [0.25, 0.3) is 0 Å². The topological polar surface area (TPSA) is 40.6 Å². The van der Waals surface area contributed by atoms with E-state index in [0.717, 1.165) is 45.6 Å². The molecule has 2 saturated heterocycles. The highest BCUT2D eigenvalue weighted by molar-refractivity contribution is 7.91. The van der Waals surface area contributed by atoms with Crippen molar-refractivity contribution in [3.63, 3.8) is 0 Å². The van der Waals surface area contributed by atoms with Crippen molar-refractivity contribution in [2.75, 3.05) is 44.2 Å². The van der Waals surface area contributed by atoms with Crippen molar-refractivity contribution in [1.29, 1.82) is 0 Å². The molecule has 0 unspecified atom stereocenters. The number of sulfone groups is 1. The summed E-state index contributed by atoms with van der Waals surface area (Å²) in [4.78, 5) is 4.91. The van der Waals surface area contributed by atoms with Gasteiger partial charge in [0.05, 0.1) is 11.5 Å². The lowest BCUT2D eigenvalue weighted by Crippen LogP contribution is -2.50. The Morgan fingerprint density at radius 3 is 2.33 bits per heavy atom. The first-order chi connectivity index (χ1) is 11.5. The molecule has 132 valence electrons. The molecule has 24 heavy (non-hydrogen) atoms. The van der Waals surface area contributed by atoms with Crippen LogP contribution in [0.25, 0.3) is 6.08 Å². The Morgan fingerprint density at radius 2 is 1.71 bits per heavy atom. The molecule has 0 saturated carbocycles. The second-order valence-electron chi connectivity index (χ2n) is 7.10. The molecule has 1 aromatic rings. The van der Waals surface area contributed by atoms with Gasteiger partial charge in [-0.15, -0.1) is 0 Å². The average molecular weight is 349 g/mol. The summed E-state index contributed by atoms with van der Waals surface area (Å²) < 4.78 is 23.1. The summed E-state index contributed by atoms with van der Waals surface area (Å²) in [5.41, 5.74) is 2.66. The van der Waals surface area contributed by atoms with Gasteiger partial charge < -0.3 is 0 Å². The molecule has 0 amide bonds. The van der Waals surface area contributed by atoms with Crippen LogP contribution in [0.5, 0.6) is 0 Å². The summed E-state index contributed by atoms with van der Waals surface area (Å²) in [7, 11) is -2.77. The van der Waals surface area contributed by atoms with E-state index < -0.39 is 9.84 Å². The van der Waals surface area contributed by atoms with Gasteiger partial charge >= 0.3 is 0 Å². The number of likely N-dealkylation sites (tertiary alicyclic amines) is 1. The van der Waals surface area contributed by atoms with Gasteiger partial charge in [-0.25, -0.2) is 8.42 Å². The van der Waals surface area contributed by atoms with Gasteiger partial charge in [0.2, 0.25) is 0 Å². The second-order valence-corrected chi connectivity index (χ2v) is 9.40. The lowest BCUT2D eigenvalue weighted by atomic mass is 10.0. The summed E-state index contributed by atoms with van der Waals surface area (Å²) in [6, 6.07) is 11.0. The SMILES string of the molecule is C/C(=C/c1ccccc1)CN1CCC(N2CCS(=O)(=O)CC2)CC1. The van der Waals surface area contributed by atoms with Crippen molar-refractivity contribution >= 4 is 15.9 Å². The zero-order valence-electron chi connectivity index (χ0n) is 14.5. The maximum Gasteiger partial charge on any atom is 0.152 e. The van der Waals surface area contributed by atoms with Crippen molar-refractivity contribution in [2.24, 2.45) is 0 Å². The molecule has 0 atom stereocenters.